The lowest BCUT2D eigenvalue weighted by Crippen LogP contribution is -2.25. The van der Waals surface area contributed by atoms with Crippen molar-refractivity contribution in [3.63, 3.8) is 0 Å². The smallest absolute Gasteiger partial charge is 0.356 e. The first kappa shape index (κ1) is 15.5. The molecule has 2 heterocycles. The monoisotopic (exact) mass is 369 g/mol. The molecule has 0 aliphatic heterocycles. The van der Waals surface area contributed by atoms with E-state index < -0.39 is 5.97 Å². The Morgan fingerprint density at radius 3 is 2.90 bits per heavy atom. The van der Waals surface area contributed by atoms with E-state index in [-0.39, 0.29) is 11.6 Å². The molecule has 21 heavy (non-hydrogen) atoms. The van der Waals surface area contributed by atoms with Gasteiger partial charge in [-0.2, -0.15) is 0 Å². The summed E-state index contributed by atoms with van der Waals surface area (Å²) in [5, 5.41) is 11.5. The van der Waals surface area contributed by atoms with Gasteiger partial charge in [0.05, 0.1) is 10.1 Å². The van der Waals surface area contributed by atoms with Gasteiger partial charge in [-0.05, 0) is 34.1 Å². The Kier molecular flexibility index (Phi) is 5.29. The topological polar surface area (TPSA) is 84.2 Å². The van der Waals surface area contributed by atoms with Crippen LogP contribution in [0.15, 0.2) is 34.5 Å². The van der Waals surface area contributed by atoms with E-state index >= 15 is 0 Å². The minimum atomic E-state index is -1.07. The van der Waals surface area contributed by atoms with Crippen LogP contribution in [0.5, 0.6) is 0 Å². The number of hydrogen-bond acceptors (Lipinski definition) is 4. The third kappa shape index (κ3) is 4.83. The number of imidazole rings is 1. The molecular weight excluding hydrogens is 358 g/mol. The van der Waals surface area contributed by atoms with Crippen LogP contribution < -0.4 is 5.32 Å². The molecule has 0 spiro atoms. The average molecular weight is 370 g/mol. The van der Waals surface area contributed by atoms with Gasteiger partial charge in [0.15, 0.2) is 5.69 Å². The Morgan fingerprint density at radius 2 is 2.29 bits per heavy atom. The van der Waals surface area contributed by atoms with Crippen LogP contribution in [0.2, 0.25) is 0 Å². The number of amides is 1. The number of aromatic nitrogens is 2. The van der Waals surface area contributed by atoms with Crippen LogP contribution in [-0.2, 0) is 11.3 Å². The summed E-state index contributed by atoms with van der Waals surface area (Å²) >= 11 is 4.89. The minimum absolute atomic E-state index is 0.00973. The van der Waals surface area contributed by atoms with Crippen LogP contribution in [-0.4, -0.2) is 33.1 Å². The van der Waals surface area contributed by atoms with E-state index in [1.165, 1.54) is 29.9 Å². The molecule has 2 N–H and O–H groups in total. The maximum atomic E-state index is 11.6. The first-order valence-corrected chi connectivity index (χ1v) is 7.62. The highest BCUT2D eigenvalue weighted by molar-refractivity contribution is 9.11. The normalized spacial score (nSPS) is 10.9. The molecule has 0 radical (unpaired) electrons. The molecule has 0 saturated heterocycles. The number of aromatic carboxylic acids is 1. The summed E-state index contributed by atoms with van der Waals surface area (Å²) in [6.07, 6.45) is 6.06. The summed E-state index contributed by atoms with van der Waals surface area (Å²) in [7, 11) is 0. The molecule has 6 nitrogen and oxygen atoms in total. The van der Waals surface area contributed by atoms with Crippen molar-refractivity contribution >= 4 is 45.2 Å². The number of halogens is 1. The quantitative estimate of drug-likeness (QED) is 0.764. The van der Waals surface area contributed by atoms with Crippen LogP contribution in [0, 0.1) is 0 Å². The van der Waals surface area contributed by atoms with Crippen molar-refractivity contribution in [1.29, 1.82) is 0 Å². The van der Waals surface area contributed by atoms with E-state index in [2.05, 4.69) is 26.2 Å². The van der Waals surface area contributed by atoms with Crippen molar-refractivity contribution < 1.29 is 14.7 Å². The zero-order valence-electron chi connectivity index (χ0n) is 10.8. The summed E-state index contributed by atoms with van der Waals surface area (Å²) in [5.74, 6) is -1.26. The van der Waals surface area contributed by atoms with Crippen LogP contribution in [0.3, 0.4) is 0 Å². The van der Waals surface area contributed by atoms with Gasteiger partial charge in [0.2, 0.25) is 5.91 Å². The molecule has 2 rings (SSSR count). The highest BCUT2D eigenvalue weighted by atomic mass is 79.9. The first-order chi connectivity index (χ1) is 10.0. The Labute approximate surface area is 133 Å². The summed E-state index contributed by atoms with van der Waals surface area (Å²) in [6.45, 7) is 0.858. The van der Waals surface area contributed by atoms with E-state index in [9.17, 15) is 9.59 Å². The SMILES string of the molecule is O=C(/C=C/c1ccc(Br)s1)NCCn1cnc(C(=O)O)c1. The van der Waals surface area contributed by atoms with Crippen molar-refractivity contribution in [2.24, 2.45) is 0 Å². The van der Waals surface area contributed by atoms with Crippen molar-refractivity contribution in [3.05, 3.63) is 45.1 Å². The molecule has 0 saturated carbocycles. The van der Waals surface area contributed by atoms with Gasteiger partial charge < -0.3 is 15.0 Å². The summed E-state index contributed by atoms with van der Waals surface area (Å²) in [6, 6.07) is 3.83. The predicted octanol–water partition coefficient (Wildman–Crippen LogP) is 2.23. The van der Waals surface area contributed by atoms with E-state index in [1.807, 2.05) is 12.1 Å². The summed E-state index contributed by atoms with van der Waals surface area (Å²) < 4.78 is 2.63. The number of hydrogen-bond donors (Lipinski definition) is 2. The molecule has 0 unspecified atom stereocenters. The summed E-state index contributed by atoms with van der Waals surface area (Å²) in [5.41, 5.74) is -0.00973. The fourth-order valence-corrected chi connectivity index (χ4v) is 2.86. The molecule has 0 aromatic carbocycles. The minimum Gasteiger partial charge on any atom is -0.476 e. The van der Waals surface area contributed by atoms with E-state index in [4.69, 9.17) is 5.11 Å². The van der Waals surface area contributed by atoms with Crippen LogP contribution >= 0.6 is 27.3 Å². The fraction of sp³-hybridized carbons (Fsp3) is 0.154. The Balaban J connectivity index is 1.76. The van der Waals surface area contributed by atoms with Crippen LogP contribution in [0.1, 0.15) is 15.4 Å². The lowest BCUT2D eigenvalue weighted by molar-refractivity contribution is -0.116. The zero-order valence-corrected chi connectivity index (χ0v) is 13.2. The molecule has 110 valence electrons. The van der Waals surface area contributed by atoms with Gasteiger partial charge in [-0.15, -0.1) is 11.3 Å². The van der Waals surface area contributed by atoms with Gasteiger partial charge >= 0.3 is 5.97 Å². The first-order valence-electron chi connectivity index (χ1n) is 6.01. The van der Waals surface area contributed by atoms with Gasteiger partial charge in [0.1, 0.15) is 0 Å². The van der Waals surface area contributed by atoms with Crippen LogP contribution in [0.4, 0.5) is 0 Å². The fourth-order valence-electron chi connectivity index (χ4n) is 1.54. The Bertz CT molecular complexity index is 678. The second-order valence-electron chi connectivity index (χ2n) is 4.07. The molecule has 2 aromatic rings. The molecule has 0 fully saturated rings. The van der Waals surface area contributed by atoms with Crippen molar-refractivity contribution in [3.8, 4) is 0 Å². The molecule has 8 heteroatoms. The molecule has 2 aromatic heterocycles. The lowest BCUT2D eigenvalue weighted by Gasteiger charge is -2.02. The van der Waals surface area contributed by atoms with E-state index in [0.717, 1.165) is 8.66 Å². The number of nitrogens with zero attached hydrogens (tertiary/aromatic N) is 2. The van der Waals surface area contributed by atoms with Crippen molar-refractivity contribution in [2.45, 2.75) is 6.54 Å². The predicted molar refractivity (Wildman–Crippen MR) is 83.2 cm³/mol. The highest BCUT2D eigenvalue weighted by Crippen LogP contribution is 2.22. The highest BCUT2D eigenvalue weighted by Gasteiger charge is 2.06. The second-order valence-corrected chi connectivity index (χ2v) is 6.56. The molecule has 1 amide bonds. The maximum absolute atomic E-state index is 11.6. The third-order valence-electron chi connectivity index (χ3n) is 2.51. The second kappa shape index (κ2) is 7.19. The third-order valence-corrected chi connectivity index (χ3v) is 4.10. The number of thiophene rings is 1. The van der Waals surface area contributed by atoms with Crippen molar-refractivity contribution in [1.82, 2.24) is 14.9 Å². The number of rotatable bonds is 6. The Morgan fingerprint density at radius 1 is 1.48 bits per heavy atom. The maximum Gasteiger partial charge on any atom is 0.356 e. The van der Waals surface area contributed by atoms with E-state index in [0.29, 0.717) is 13.1 Å². The Hall–Kier alpha value is -1.93. The molecule has 0 aliphatic rings. The van der Waals surface area contributed by atoms with Gasteiger partial charge in [0.25, 0.3) is 0 Å². The van der Waals surface area contributed by atoms with Crippen LogP contribution in [0.25, 0.3) is 6.08 Å². The van der Waals surface area contributed by atoms with Gasteiger partial charge in [0, 0.05) is 30.2 Å². The number of carbonyl (C=O) groups excluding carboxylic acids is 1. The largest absolute Gasteiger partial charge is 0.476 e. The van der Waals surface area contributed by atoms with Gasteiger partial charge in [-0.25, -0.2) is 9.78 Å². The average Bonchev–Trinajstić information content (AvgIpc) is 3.05. The number of carbonyl (C=O) groups is 2. The number of nitrogens with one attached hydrogen (secondary N) is 1. The zero-order chi connectivity index (χ0) is 15.2. The summed E-state index contributed by atoms with van der Waals surface area (Å²) in [4.78, 5) is 27.0. The number of carboxylic acid groups (broad SMARTS) is 1. The molecule has 0 aliphatic carbocycles. The van der Waals surface area contributed by atoms with E-state index in [1.54, 1.807) is 10.6 Å². The van der Waals surface area contributed by atoms with Crippen molar-refractivity contribution in [2.75, 3.05) is 6.54 Å². The van der Waals surface area contributed by atoms with Gasteiger partial charge in [-0.1, -0.05) is 0 Å². The molecule has 0 atom stereocenters. The van der Waals surface area contributed by atoms with Gasteiger partial charge in [-0.3, -0.25) is 4.79 Å². The number of carboxylic acids is 1. The standard InChI is InChI=1S/C13H12BrN3O3S/c14-11-3-1-9(21-11)2-4-12(18)15-5-6-17-7-10(13(19)20)16-8-17/h1-4,7-8H,5-6H2,(H,15,18)(H,19,20)/b4-2+. The lowest BCUT2D eigenvalue weighted by atomic mass is 10.4. The molecule has 0 bridgehead atoms. The molecular formula is C13H12BrN3O3S.